The standard InChI is InChI=1S/C20H28N8O/c1-13-5-6-22-16(11-13)23-19-18-17(15(3)26-28(18)9-10-29-4)24-20(25-19)27-8-7-21-12-14(27)2/h5-6,11,14,21H,7-10,12H2,1-4H3,(H,22,23,24,25)/t14-/m0/s1. The number of fused-ring (bicyclic) bond motifs is 1. The number of aromatic nitrogens is 5. The van der Waals surface area contributed by atoms with Crippen LogP contribution >= 0.6 is 0 Å². The zero-order chi connectivity index (χ0) is 20.4. The van der Waals surface area contributed by atoms with Crippen molar-refractivity contribution >= 4 is 28.6 Å². The lowest BCUT2D eigenvalue weighted by Crippen LogP contribution is -2.50. The normalized spacial score (nSPS) is 17.1. The molecule has 9 heteroatoms. The summed E-state index contributed by atoms with van der Waals surface area (Å²) in [6, 6.07) is 4.29. The zero-order valence-electron chi connectivity index (χ0n) is 17.4. The fourth-order valence-electron chi connectivity index (χ4n) is 3.64. The van der Waals surface area contributed by atoms with Crippen molar-refractivity contribution in [1.29, 1.82) is 0 Å². The van der Waals surface area contributed by atoms with E-state index in [1.165, 1.54) is 0 Å². The Labute approximate surface area is 170 Å². The van der Waals surface area contributed by atoms with Gasteiger partial charge in [-0.2, -0.15) is 10.1 Å². The zero-order valence-corrected chi connectivity index (χ0v) is 17.4. The molecular weight excluding hydrogens is 368 g/mol. The first-order valence-electron chi connectivity index (χ1n) is 9.98. The average Bonchev–Trinajstić information content (AvgIpc) is 3.03. The molecule has 1 fully saturated rings. The quantitative estimate of drug-likeness (QED) is 0.654. The van der Waals surface area contributed by atoms with E-state index in [9.17, 15) is 0 Å². The van der Waals surface area contributed by atoms with E-state index < -0.39 is 0 Å². The molecule has 1 atom stereocenters. The molecule has 0 aliphatic carbocycles. The third-order valence-corrected chi connectivity index (χ3v) is 5.17. The van der Waals surface area contributed by atoms with Gasteiger partial charge in [-0.15, -0.1) is 0 Å². The topological polar surface area (TPSA) is 93.0 Å². The summed E-state index contributed by atoms with van der Waals surface area (Å²) in [4.78, 5) is 16.5. The van der Waals surface area contributed by atoms with E-state index in [1.807, 2.05) is 30.7 Å². The minimum Gasteiger partial charge on any atom is -0.383 e. The summed E-state index contributed by atoms with van der Waals surface area (Å²) >= 11 is 0. The molecule has 1 aliphatic heterocycles. The molecule has 0 saturated carbocycles. The fourth-order valence-corrected chi connectivity index (χ4v) is 3.64. The number of hydrogen-bond donors (Lipinski definition) is 2. The van der Waals surface area contributed by atoms with Crippen molar-refractivity contribution in [2.24, 2.45) is 0 Å². The van der Waals surface area contributed by atoms with E-state index >= 15 is 0 Å². The van der Waals surface area contributed by atoms with E-state index in [1.54, 1.807) is 13.3 Å². The van der Waals surface area contributed by atoms with Crippen molar-refractivity contribution in [3.63, 3.8) is 0 Å². The molecule has 0 spiro atoms. The summed E-state index contributed by atoms with van der Waals surface area (Å²) in [5, 5.41) is 11.5. The van der Waals surface area contributed by atoms with Gasteiger partial charge in [-0.3, -0.25) is 4.68 Å². The van der Waals surface area contributed by atoms with Crippen LogP contribution in [-0.4, -0.2) is 64.1 Å². The van der Waals surface area contributed by atoms with Gasteiger partial charge in [0.1, 0.15) is 16.9 Å². The second-order valence-electron chi connectivity index (χ2n) is 7.46. The van der Waals surface area contributed by atoms with Crippen molar-refractivity contribution in [2.45, 2.75) is 33.4 Å². The van der Waals surface area contributed by atoms with Gasteiger partial charge < -0.3 is 20.3 Å². The third-order valence-electron chi connectivity index (χ3n) is 5.17. The highest BCUT2D eigenvalue weighted by atomic mass is 16.5. The van der Waals surface area contributed by atoms with Crippen LogP contribution in [0.1, 0.15) is 18.2 Å². The number of anilines is 3. The van der Waals surface area contributed by atoms with E-state index in [4.69, 9.17) is 19.8 Å². The maximum atomic E-state index is 5.26. The van der Waals surface area contributed by atoms with Crippen LogP contribution in [-0.2, 0) is 11.3 Å². The van der Waals surface area contributed by atoms with Gasteiger partial charge in [0.2, 0.25) is 5.95 Å². The smallest absolute Gasteiger partial charge is 0.228 e. The SMILES string of the molecule is COCCn1nc(C)c2nc(N3CCNC[C@@H]3C)nc(Nc3cc(C)ccn3)c21. The van der Waals surface area contributed by atoms with Crippen molar-refractivity contribution in [3.8, 4) is 0 Å². The van der Waals surface area contributed by atoms with Crippen LogP contribution in [0.4, 0.5) is 17.6 Å². The molecule has 1 saturated heterocycles. The molecular formula is C20H28N8O. The van der Waals surface area contributed by atoms with E-state index in [2.05, 4.69) is 27.4 Å². The molecule has 0 amide bonds. The second-order valence-corrected chi connectivity index (χ2v) is 7.46. The summed E-state index contributed by atoms with van der Waals surface area (Å²) in [5.41, 5.74) is 3.73. The molecule has 0 aromatic carbocycles. The maximum absolute atomic E-state index is 5.26. The van der Waals surface area contributed by atoms with Gasteiger partial charge in [0, 0.05) is 39.0 Å². The molecule has 9 nitrogen and oxygen atoms in total. The van der Waals surface area contributed by atoms with Gasteiger partial charge in [0.15, 0.2) is 5.82 Å². The molecule has 4 rings (SSSR count). The lowest BCUT2D eigenvalue weighted by molar-refractivity contribution is 0.185. The Morgan fingerprint density at radius 3 is 2.93 bits per heavy atom. The summed E-state index contributed by atoms with van der Waals surface area (Å²) in [7, 11) is 1.69. The molecule has 1 aliphatic rings. The van der Waals surface area contributed by atoms with Gasteiger partial charge in [-0.1, -0.05) is 0 Å². The Balaban J connectivity index is 1.83. The first-order valence-corrected chi connectivity index (χ1v) is 9.98. The molecule has 154 valence electrons. The molecule has 3 aromatic rings. The summed E-state index contributed by atoms with van der Waals surface area (Å²) < 4.78 is 7.18. The molecule has 0 unspecified atom stereocenters. The molecule has 2 N–H and O–H groups in total. The number of methoxy groups -OCH3 is 1. The van der Waals surface area contributed by atoms with Crippen molar-refractivity contribution in [1.82, 2.24) is 30.0 Å². The molecule has 4 heterocycles. The number of hydrogen-bond acceptors (Lipinski definition) is 8. The Kier molecular flexibility index (Phi) is 5.59. The van der Waals surface area contributed by atoms with Gasteiger partial charge in [0.05, 0.1) is 18.8 Å². The molecule has 3 aromatic heterocycles. The predicted molar refractivity (Wildman–Crippen MR) is 114 cm³/mol. The average molecular weight is 396 g/mol. The highest BCUT2D eigenvalue weighted by Crippen LogP contribution is 2.29. The van der Waals surface area contributed by atoms with Crippen LogP contribution in [0.3, 0.4) is 0 Å². The largest absolute Gasteiger partial charge is 0.383 e. The van der Waals surface area contributed by atoms with Gasteiger partial charge in [0.25, 0.3) is 0 Å². The maximum Gasteiger partial charge on any atom is 0.228 e. The Morgan fingerprint density at radius 1 is 1.31 bits per heavy atom. The number of nitrogens with zero attached hydrogens (tertiary/aromatic N) is 6. The number of ether oxygens (including phenoxy) is 1. The van der Waals surface area contributed by atoms with E-state index in [0.717, 1.165) is 53.7 Å². The fraction of sp³-hybridized carbons (Fsp3) is 0.500. The van der Waals surface area contributed by atoms with Crippen LogP contribution in [0.25, 0.3) is 11.0 Å². The Morgan fingerprint density at radius 2 is 2.17 bits per heavy atom. The van der Waals surface area contributed by atoms with E-state index in [0.29, 0.717) is 25.0 Å². The van der Waals surface area contributed by atoms with Crippen molar-refractivity contribution in [3.05, 3.63) is 29.6 Å². The number of nitrogens with one attached hydrogen (secondary N) is 2. The monoisotopic (exact) mass is 396 g/mol. The molecule has 0 radical (unpaired) electrons. The van der Waals surface area contributed by atoms with Crippen LogP contribution in [0.2, 0.25) is 0 Å². The van der Waals surface area contributed by atoms with Gasteiger partial charge in [-0.25, -0.2) is 9.97 Å². The van der Waals surface area contributed by atoms with Crippen LogP contribution in [0.5, 0.6) is 0 Å². The first-order chi connectivity index (χ1) is 14.1. The molecule has 29 heavy (non-hydrogen) atoms. The number of pyridine rings is 1. The highest BCUT2D eigenvalue weighted by molar-refractivity contribution is 5.90. The highest BCUT2D eigenvalue weighted by Gasteiger charge is 2.24. The van der Waals surface area contributed by atoms with E-state index in [-0.39, 0.29) is 0 Å². The second kappa shape index (κ2) is 8.30. The van der Waals surface area contributed by atoms with Crippen molar-refractivity contribution < 1.29 is 4.74 Å². The minimum absolute atomic E-state index is 0.315. The number of rotatable bonds is 6. The predicted octanol–water partition coefficient (Wildman–Crippen LogP) is 2.03. The number of piperazine rings is 1. The number of aryl methyl sites for hydroxylation is 2. The van der Waals surface area contributed by atoms with Crippen LogP contribution in [0.15, 0.2) is 18.3 Å². The van der Waals surface area contributed by atoms with Crippen LogP contribution in [0, 0.1) is 13.8 Å². The van der Waals surface area contributed by atoms with Crippen LogP contribution < -0.4 is 15.5 Å². The Bertz CT molecular complexity index is 1000. The summed E-state index contributed by atoms with van der Waals surface area (Å²) in [6.45, 7) is 10.1. The van der Waals surface area contributed by atoms with Gasteiger partial charge in [-0.05, 0) is 38.5 Å². The Hall–Kier alpha value is -2.78. The molecule has 0 bridgehead atoms. The van der Waals surface area contributed by atoms with Gasteiger partial charge >= 0.3 is 0 Å². The lowest BCUT2D eigenvalue weighted by atomic mass is 10.2. The summed E-state index contributed by atoms with van der Waals surface area (Å²) in [6.07, 6.45) is 1.79. The summed E-state index contributed by atoms with van der Waals surface area (Å²) in [5.74, 6) is 2.18. The minimum atomic E-state index is 0.315. The lowest BCUT2D eigenvalue weighted by Gasteiger charge is -2.34. The first kappa shape index (κ1) is 19.5. The third kappa shape index (κ3) is 4.01. The van der Waals surface area contributed by atoms with Crippen molar-refractivity contribution in [2.75, 3.05) is 43.6 Å².